The zero-order valence-electron chi connectivity index (χ0n) is 16.6. The Labute approximate surface area is 164 Å². The van der Waals surface area contributed by atoms with Crippen molar-refractivity contribution >= 4 is 17.6 Å². The van der Waals surface area contributed by atoms with Gasteiger partial charge >= 0.3 is 0 Å². The molecule has 0 fully saturated rings. The molecule has 0 bridgehead atoms. The molecule has 0 saturated heterocycles. The lowest BCUT2D eigenvalue weighted by Gasteiger charge is -2.17. The fourth-order valence-electron chi connectivity index (χ4n) is 3.42. The molecule has 0 spiro atoms. The average molecular weight is 376 g/mol. The second-order valence-corrected chi connectivity index (χ2v) is 6.77. The fourth-order valence-corrected chi connectivity index (χ4v) is 3.42. The van der Waals surface area contributed by atoms with E-state index in [4.69, 9.17) is 0 Å². The van der Waals surface area contributed by atoms with Crippen molar-refractivity contribution in [1.82, 2.24) is 4.57 Å². The van der Waals surface area contributed by atoms with Crippen LogP contribution in [0.25, 0.3) is 5.69 Å². The van der Waals surface area contributed by atoms with Crippen LogP contribution in [-0.2, 0) is 6.42 Å². The molecule has 1 aromatic heterocycles. The van der Waals surface area contributed by atoms with Crippen molar-refractivity contribution < 1.29 is 4.92 Å². The van der Waals surface area contributed by atoms with Gasteiger partial charge in [0, 0.05) is 29.1 Å². The van der Waals surface area contributed by atoms with Crippen LogP contribution in [0.1, 0.15) is 35.0 Å². The molecule has 6 heteroatoms. The normalized spacial score (nSPS) is 11.1. The predicted molar refractivity (Wildman–Crippen MR) is 114 cm³/mol. The van der Waals surface area contributed by atoms with Crippen molar-refractivity contribution in [3.8, 4) is 5.69 Å². The number of nitrogens with one attached hydrogen (secondary N) is 1. The first-order chi connectivity index (χ1) is 13.4. The molecule has 6 nitrogen and oxygen atoms in total. The molecule has 0 aliphatic carbocycles. The van der Waals surface area contributed by atoms with E-state index in [1.165, 1.54) is 28.9 Å². The number of nitro benzene ring substituents is 1. The highest BCUT2D eigenvalue weighted by atomic mass is 16.6. The number of benzene rings is 2. The monoisotopic (exact) mass is 376 g/mol. The topological polar surface area (TPSA) is 72.5 Å². The van der Waals surface area contributed by atoms with Crippen LogP contribution in [-0.4, -0.2) is 15.7 Å². The van der Waals surface area contributed by atoms with Crippen LogP contribution in [0.3, 0.4) is 0 Å². The quantitative estimate of drug-likeness (QED) is 0.359. The van der Waals surface area contributed by atoms with Gasteiger partial charge in [-0.2, -0.15) is 5.10 Å². The van der Waals surface area contributed by atoms with Crippen molar-refractivity contribution in [2.24, 2.45) is 5.10 Å². The van der Waals surface area contributed by atoms with Crippen LogP contribution in [0, 0.1) is 30.9 Å². The number of nitro groups is 1. The Kier molecular flexibility index (Phi) is 5.59. The number of nitrogens with zero attached hydrogens (tertiary/aromatic N) is 3. The second kappa shape index (κ2) is 8.08. The van der Waals surface area contributed by atoms with E-state index in [0.29, 0.717) is 5.69 Å². The van der Waals surface area contributed by atoms with Crippen molar-refractivity contribution in [1.29, 1.82) is 0 Å². The first kappa shape index (κ1) is 19.4. The van der Waals surface area contributed by atoms with E-state index < -0.39 is 4.92 Å². The molecule has 2 aromatic carbocycles. The lowest BCUT2D eigenvalue weighted by molar-refractivity contribution is -0.384. The molecule has 0 aliphatic heterocycles. The lowest BCUT2D eigenvalue weighted by Crippen LogP contribution is -2.05. The Bertz CT molecular complexity index is 1030. The lowest BCUT2D eigenvalue weighted by atomic mass is 10.1. The number of non-ortho nitro benzene ring substituents is 1. The van der Waals surface area contributed by atoms with E-state index in [1.54, 1.807) is 18.3 Å². The molecular weight excluding hydrogens is 352 g/mol. The number of aryl methyl sites for hydroxylation is 3. The summed E-state index contributed by atoms with van der Waals surface area (Å²) in [4.78, 5) is 10.3. The van der Waals surface area contributed by atoms with Crippen LogP contribution in [0.5, 0.6) is 0 Å². The minimum absolute atomic E-state index is 0.0584. The molecule has 28 heavy (non-hydrogen) atoms. The molecular formula is C22H24N4O2. The van der Waals surface area contributed by atoms with Gasteiger partial charge in [-0.15, -0.1) is 0 Å². The van der Waals surface area contributed by atoms with E-state index in [9.17, 15) is 10.1 Å². The zero-order valence-corrected chi connectivity index (χ0v) is 16.6. The number of para-hydroxylation sites is 1. The second-order valence-electron chi connectivity index (χ2n) is 6.77. The predicted octanol–water partition coefficient (Wildman–Crippen LogP) is 5.32. The van der Waals surface area contributed by atoms with Gasteiger partial charge in [0.05, 0.1) is 22.5 Å². The van der Waals surface area contributed by atoms with E-state index >= 15 is 0 Å². The summed E-state index contributed by atoms with van der Waals surface area (Å²) in [6.45, 7) is 8.49. The molecule has 0 unspecified atom stereocenters. The van der Waals surface area contributed by atoms with Gasteiger partial charge in [-0.05, 0) is 56.5 Å². The van der Waals surface area contributed by atoms with Gasteiger partial charge < -0.3 is 4.57 Å². The van der Waals surface area contributed by atoms with Gasteiger partial charge in [0.1, 0.15) is 0 Å². The van der Waals surface area contributed by atoms with Gasteiger partial charge in [-0.25, -0.2) is 0 Å². The van der Waals surface area contributed by atoms with E-state index in [1.807, 2.05) is 0 Å². The Balaban J connectivity index is 1.86. The van der Waals surface area contributed by atoms with E-state index in [-0.39, 0.29) is 5.69 Å². The number of aromatic nitrogens is 1. The van der Waals surface area contributed by atoms with Gasteiger partial charge in [0.25, 0.3) is 5.69 Å². The van der Waals surface area contributed by atoms with Crippen molar-refractivity contribution in [3.05, 3.63) is 86.7 Å². The van der Waals surface area contributed by atoms with Crippen molar-refractivity contribution in [3.63, 3.8) is 0 Å². The zero-order chi connectivity index (χ0) is 20.3. The number of hydrogen-bond donors (Lipinski definition) is 1. The molecule has 144 valence electrons. The number of hydrazone groups is 1. The summed E-state index contributed by atoms with van der Waals surface area (Å²) in [5, 5.41) is 15.0. The maximum atomic E-state index is 10.7. The fraction of sp³-hybridized carbons (Fsp3) is 0.227. The molecule has 0 radical (unpaired) electrons. The maximum absolute atomic E-state index is 10.7. The summed E-state index contributed by atoms with van der Waals surface area (Å²) in [5.74, 6) is 0. The van der Waals surface area contributed by atoms with Gasteiger partial charge in [0.15, 0.2) is 0 Å². The van der Waals surface area contributed by atoms with Crippen molar-refractivity contribution in [2.75, 3.05) is 5.43 Å². The Morgan fingerprint density at radius 1 is 1.14 bits per heavy atom. The average Bonchev–Trinajstić information content (AvgIpc) is 2.95. The van der Waals surface area contributed by atoms with E-state index in [2.05, 4.69) is 67.1 Å². The Hall–Kier alpha value is -3.41. The number of rotatable bonds is 6. The third-order valence-electron chi connectivity index (χ3n) is 4.87. The van der Waals surface area contributed by atoms with Gasteiger partial charge in [0.2, 0.25) is 0 Å². The number of hydrogen-bond acceptors (Lipinski definition) is 4. The van der Waals surface area contributed by atoms with Crippen LogP contribution < -0.4 is 5.43 Å². The van der Waals surface area contributed by atoms with Gasteiger partial charge in [-0.3, -0.25) is 15.5 Å². The summed E-state index contributed by atoms with van der Waals surface area (Å²) in [6.07, 6.45) is 2.75. The highest BCUT2D eigenvalue weighted by Gasteiger charge is 2.14. The molecule has 0 aliphatic rings. The molecule has 0 saturated carbocycles. The Morgan fingerprint density at radius 2 is 1.86 bits per heavy atom. The molecule has 3 aromatic rings. The molecule has 1 heterocycles. The van der Waals surface area contributed by atoms with Crippen LogP contribution >= 0.6 is 0 Å². The van der Waals surface area contributed by atoms with Crippen molar-refractivity contribution in [2.45, 2.75) is 34.1 Å². The highest BCUT2D eigenvalue weighted by molar-refractivity contribution is 5.83. The third kappa shape index (κ3) is 3.81. The summed E-state index contributed by atoms with van der Waals surface area (Å²) in [5.41, 5.74) is 10.8. The smallest absolute Gasteiger partial charge is 0.269 e. The molecule has 0 amide bonds. The maximum Gasteiger partial charge on any atom is 0.269 e. The van der Waals surface area contributed by atoms with E-state index in [0.717, 1.165) is 23.4 Å². The summed E-state index contributed by atoms with van der Waals surface area (Å²) >= 11 is 0. The van der Waals surface area contributed by atoms with Crippen LogP contribution in [0.15, 0.2) is 53.6 Å². The summed E-state index contributed by atoms with van der Waals surface area (Å²) in [7, 11) is 0. The third-order valence-corrected chi connectivity index (χ3v) is 4.87. The molecule has 0 atom stereocenters. The summed E-state index contributed by atoms with van der Waals surface area (Å²) < 4.78 is 2.28. The number of anilines is 1. The Morgan fingerprint density at radius 3 is 2.50 bits per heavy atom. The SMILES string of the molecule is CCc1cccc(C)c1-n1c(C)cc(/C=N\Nc2ccc([N+](=O)[O-])cc2)c1C. The van der Waals surface area contributed by atoms with Crippen LogP contribution in [0.2, 0.25) is 0 Å². The van der Waals surface area contributed by atoms with Crippen LogP contribution in [0.4, 0.5) is 11.4 Å². The minimum atomic E-state index is -0.419. The highest BCUT2D eigenvalue weighted by Crippen LogP contribution is 2.26. The molecule has 3 rings (SSSR count). The minimum Gasteiger partial charge on any atom is -0.317 e. The first-order valence-electron chi connectivity index (χ1n) is 9.23. The summed E-state index contributed by atoms with van der Waals surface area (Å²) in [6, 6.07) is 14.7. The first-order valence-corrected chi connectivity index (χ1v) is 9.23. The largest absolute Gasteiger partial charge is 0.317 e. The standard InChI is InChI=1S/C22H24N4O2/c1-5-18-8-6-7-15(2)22(18)25-16(3)13-19(17(25)4)14-23-24-20-9-11-21(12-10-20)26(27)28/h6-14,24H,5H2,1-4H3/b23-14-. The molecule has 1 N–H and O–H groups in total. The van der Waals surface area contributed by atoms with Gasteiger partial charge in [-0.1, -0.05) is 25.1 Å².